The molecule has 104 valence electrons. The van der Waals surface area contributed by atoms with Gasteiger partial charge >= 0.3 is 0 Å². The molecule has 5 heteroatoms. The topological polar surface area (TPSA) is 70.1 Å². The Morgan fingerprint density at radius 1 is 1.21 bits per heavy atom. The Morgan fingerprint density at radius 2 is 1.95 bits per heavy atom. The second-order valence-corrected chi connectivity index (χ2v) is 5.94. The van der Waals surface area contributed by atoms with Crippen LogP contribution in [0.3, 0.4) is 0 Å². The SMILES string of the molecule is OCCC1(CNc2cc(NCC3CC3)ncn2)CC1. The predicted molar refractivity (Wildman–Crippen MR) is 75.1 cm³/mol. The molecule has 0 aromatic carbocycles. The fourth-order valence-electron chi connectivity index (χ4n) is 2.33. The summed E-state index contributed by atoms with van der Waals surface area (Å²) in [6.07, 6.45) is 7.58. The van der Waals surface area contributed by atoms with E-state index in [1.165, 1.54) is 25.7 Å². The highest BCUT2D eigenvalue weighted by molar-refractivity contribution is 5.46. The molecule has 1 aromatic rings. The first-order valence-electron chi connectivity index (χ1n) is 7.20. The monoisotopic (exact) mass is 262 g/mol. The van der Waals surface area contributed by atoms with Crippen molar-refractivity contribution in [2.75, 3.05) is 30.3 Å². The largest absolute Gasteiger partial charge is 0.396 e. The molecule has 0 aliphatic heterocycles. The third-order valence-electron chi connectivity index (χ3n) is 4.18. The standard InChI is InChI=1S/C14H22N4O/c19-6-5-14(3-4-14)9-16-13-7-12(17-10-18-13)15-8-11-1-2-11/h7,10-11,19H,1-6,8-9H2,(H2,15,16,17,18). The molecule has 5 nitrogen and oxygen atoms in total. The van der Waals surface area contributed by atoms with Gasteiger partial charge in [-0.15, -0.1) is 0 Å². The maximum Gasteiger partial charge on any atom is 0.131 e. The maximum atomic E-state index is 9.05. The van der Waals surface area contributed by atoms with Crippen LogP contribution in [0, 0.1) is 11.3 Å². The second kappa shape index (κ2) is 5.33. The van der Waals surface area contributed by atoms with E-state index in [0.717, 1.165) is 37.1 Å². The summed E-state index contributed by atoms with van der Waals surface area (Å²) in [6, 6.07) is 1.97. The van der Waals surface area contributed by atoms with Gasteiger partial charge in [-0.1, -0.05) is 0 Å². The van der Waals surface area contributed by atoms with Crippen LogP contribution < -0.4 is 10.6 Å². The lowest BCUT2D eigenvalue weighted by atomic mass is 10.0. The summed E-state index contributed by atoms with van der Waals surface area (Å²) in [4.78, 5) is 8.48. The van der Waals surface area contributed by atoms with E-state index in [1.807, 2.05) is 6.07 Å². The van der Waals surface area contributed by atoms with E-state index in [9.17, 15) is 0 Å². The van der Waals surface area contributed by atoms with Crippen molar-refractivity contribution in [2.24, 2.45) is 11.3 Å². The molecule has 0 bridgehead atoms. The number of aromatic nitrogens is 2. The molecular weight excluding hydrogens is 240 g/mol. The van der Waals surface area contributed by atoms with E-state index in [4.69, 9.17) is 5.11 Å². The lowest BCUT2D eigenvalue weighted by Crippen LogP contribution is -2.17. The number of nitrogens with one attached hydrogen (secondary N) is 2. The highest BCUT2D eigenvalue weighted by Gasteiger charge is 2.41. The molecule has 1 aromatic heterocycles. The average Bonchev–Trinajstić information content (AvgIpc) is 3.32. The second-order valence-electron chi connectivity index (χ2n) is 5.94. The normalized spacial score (nSPS) is 20.1. The fourth-order valence-corrected chi connectivity index (χ4v) is 2.33. The minimum absolute atomic E-state index is 0.277. The van der Waals surface area contributed by atoms with Crippen molar-refractivity contribution in [2.45, 2.75) is 32.1 Å². The van der Waals surface area contributed by atoms with Crippen molar-refractivity contribution in [1.82, 2.24) is 9.97 Å². The van der Waals surface area contributed by atoms with Gasteiger partial charge in [0.25, 0.3) is 0 Å². The van der Waals surface area contributed by atoms with Crippen molar-refractivity contribution >= 4 is 11.6 Å². The molecule has 3 N–H and O–H groups in total. The van der Waals surface area contributed by atoms with E-state index in [0.29, 0.717) is 5.41 Å². The van der Waals surface area contributed by atoms with Crippen LogP contribution in [-0.2, 0) is 0 Å². The molecular formula is C14H22N4O. The molecule has 3 rings (SSSR count). The van der Waals surface area contributed by atoms with Crippen molar-refractivity contribution < 1.29 is 5.11 Å². The number of nitrogens with zero attached hydrogens (tertiary/aromatic N) is 2. The molecule has 0 spiro atoms. The first-order chi connectivity index (χ1) is 9.30. The summed E-state index contributed by atoms with van der Waals surface area (Å²) >= 11 is 0. The van der Waals surface area contributed by atoms with Gasteiger partial charge in [0.1, 0.15) is 18.0 Å². The fraction of sp³-hybridized carbons (Fsp3) is 0.714. The molecule has 1 heterocycles. The quantitative estimate of drug-likeness (QED) is 0.667. The minimum atomic E-state index is 0.277. The van der Waals surface area contributed by atoms with Crippen LogP contribution in [0.1, 0.15) is 32.1 Å². The lowest BCUT2D eigenvalue weighted by molar-refractivity contribution is 0.253. The van der Waals surface area contributed by atoms with Gasteiger partial charge in [-0.25, -0.2) is 9.97 Å². The van der Waals surface area contributed by atoms with Gasteiger partial charge in [0.15, 0.2) is 0 Å². The van der Waals surface area contributed by atoms with Crippen LogP contribution in [0.2, 0.25) is 0 Å². The number of hydrogen-bond donors (Lipinski definition) is 3. The van der Waals surface area contributed by atoms with Gasteiger partial charge in [0.2, 0.25) is 0 Å². The Labute approximate surface area is 113 Å². The van der Waals surface area contributed by atoms with Crippen LogP contribution >= 0.6 is 0 Å². The van der Waals surface area contributed by atoms with E-state index < -0.39 is 0 Å². The van der Waals surface area contributed by atoms with Crippen LogP contribution in [0.25, 0.3) is 0 Å². The van der Waals surface area contributed by atoms with Crippen molar-refractivity contribution in [1.29, 1.82) is 0 Å². The van der Waals surface area contributed by atoms with E-state index in [-0.39, 0.29) is 6.61 Å². The zero-order chi connectivity index (χ0) is 13.1. The molecule has 2 aliphatic carbocycles. The first kappa shape index (κ1) is 12.7. The van der Waals surface area contributed by atoms with Crippen LogP contribution in [0.4, 0.5) is 11.6 Å². The summed E-state index contributed by atoms with van der Waals surface area (Å²) in [6.45, 7) is 2.19. The average molecular weight is 262 g/mol. The van der Waals surface area contributed by atoms with E-state index in [1.54, 1.807) is 6.33 Å². The zero-order valence-corrected chi connectivity index (χ0v) is 11.2. The Kier molecular flexibility index (Phi) is 3.55. The molecule has 0 radical (unpaired) electrons. The Balaban J connectivity index is 1.50. The van der Waals surface area contributed by atoms with E-state index in [2.05, 4.69) is 20.6 Å². The molecule has 2 saturated carbocycles. The van der Waals surface area contributed by atoms with Crippen LogP contribution in [0.5, 0.6) is 0 Å². The summed E-state index contributed by atoms with van der Waals surface area (Å²) in [5.74, 6) is 2.61. The minimum Gasteiger partial charge on any atom is -0.396 e. The summed E-state index contributed by atoms with van der Waals surface area (Å²) in [5.41, 5.74) is 0.307. The smallest absolute Gasteiger partial charge is 0.131 e. The number of aliphatic hydroxyl groups is 1. The van der Waals surface area contributed by atoms with Gasteiger partial charge in [-0.3, -0.25) is 0 Å². The highest BCUT2D eigenvalue weighted by Crippen LogP contribution is 2.48. The third-order valence-corrected chi connectivity index (χ3v) is 4.18. The molecule has 2 fully saturated rings. The van der Waals surface area contributed by atoms with Gasteiger partial charge in [-0.05, 0) is 43.4 Å². The third kappa shape index (κ3) is 3.56. The Morgan fingerprint density at radius 3 is 2.58 bits per heavy atom. The highest BCUT2D eigenvalue weighted by atomic mass is 16.3. The number of rotatable bonds is 8. The Hall–Kier alpha value is -1.36. The molecule has 0 unspecified atom stereocenters. The summed E-state index contributed by atoms with van der Waals surface area (Å²) in [7, 11) is 0. The molecule has 19 heavy (non-hydrogen) atoms. The molecule has 0 atom stereocenters. The first-order valence-corrected chi connectivity index (χ1v) is 7.20. The van der Waals surface area contributed by atoms with Crippen LogP contribution in [-0.4, -0.2) is 34.8 Å². The maximum absolute atomic E-state index is 9.05. The van der Waals surface area contributed by atoms with E-state index >= 15 is 0 Å². The van der Waals surface area contributed by atoms with Gasteiger partial charge in [-0.2, -0.15) is 0 Å². The molecule has 2 aliphatic rings. The zero-order valence-electron chi connectivity index (χ0n) is 11.2. The van der Waals surface area contributed by atoms with Gasteiger partial charge in [0, 0.05) is 25.8 Å². The number of anilines is 2. The molecule has 0 amide bonds. The predicted octanol–water partition coefficient (Wildman–Crippen LogP) is 1.87. The van der Waals surface area contributed by atoms with Crippen LogP contribution in [0.15, 0.2) is 12.4 Å². The number of hydrogen-bond acceptors (Lipinski definition) is 5. The van der Waals surface area contributed by atoms with Crippen molar-refractivity contribution in [3.63, 3.8) is 0 Å². The number of aliphatic hydroxyl groups excluding tert-OH is 1. The van der Waals surface area contributed by atoms with Crippen molar-refractivity contribution in [3.05, 3.63) is 12.4 Å². The van der Waals surface area contributed by atoms with Gasteiger partial charge < -0.3 is 15.7 Å². The summed E-state index contributed by atoms with van der Waals surface area (Å²) < 4.78 is 0. The Bertz CT molecular complexity index is 429. The van der Waals surface area contributed by atoms with Crippen molar-refractivity contribution in [3.8, 4) is 0 Å². The van der Waals surface area contributed by atoms with Gasteiger partial charge in [0.05, 0.1) is 0 Å². The summed E-state index contributed by atoms with van der Waals surface area (Å²) in [5, 5.41) is 15.8. The molecule has 0 saturated heterocycles. The lowest BCUT2D eigenvalue weighted by Gasteiger charge is -2.15.